The molecule has 1 saturated carbocycles. The molecular formula is C17H30N2O3. The zero-order valence-corrected chi connectivity index (χ0v) is 14.2. The first-order valence-corrected chi connectivity index (χ1v) is 8.76. The summed E-state index contributed by atoms with van der Waals surface area (Å²) in [5.41, 5.74) is 0.356. The number of urea groups is 1. The highest BCUT2D eigenvalue weighted by Gasteiger charge is 2.46. The van der Waals surface area contributed by atoms with Gasteiger partial charge in [0.05, 0.1) is 13.2 Å². The first kappa shape index (κ1) is 16.1. The largest absolute Gasteiger partial charge is 0.347 e. The summed E-state index contributed by atoms with van der Waals surface area (Å²) in [6.45, 7) is 10.2. The SMILES string of the molecule is CC(C)C1(CNC(=O)N2CCC[C@@H](C3(C)OCCO3)C2)CC1. The molecule has 3 rings (SSSR count). The molecular weight excluding hydrogens is 280 g/mol. The Kier molecular flexibility index (Phi) is 4.38. The molecule has 0 bridgehead atoms. The fourth-order valence-corrected chi connectivity index (χ4v) is 3.84. The van der Waals surface area contributed by atoms with Gasteiger partial charge in [0.15, 0.2) is 5.79 Å². The van der Waals surface area contributed by atoms with E-state index in [1.54, 1.807) is 0 Å². The molecule has 3 aliphatic rings. The number of likely N-dealkylation sites (tertiary alicyclic amines) is 1. The van der Waals surface area contributed by atoms with Gasteiger partial charge in [0, 0.05) is 25.6 Å². The smallest absolute Gasteiger partial charge is 0.317 e. The van der Waals surface area contributed by atoms with Crippen molar-refractivity contribution in [3.63, 3.8) is 0 Å². The topological polar surface area (TPSA) is 50.8 Å². The first-order chi connectivity index (χ1) is 10.5. The van der Waals surface area contributed by atoms with Crippen LogP contribution >= 0.6 is 0 Å². The van der Waals surface area contributed by atoms with Gasteiger partial charge in [0.25, 0.3) is 0 Å². The molecule has 0 aromatic carbocycles. The quantitative estimate of drug-likeness (QED) is 0.868. The number of amides is 2. The van der Waals surface area contributed by atoms with E-state index in [4.69, 9.17) is 9.47 Å². The summed E-state index contributed by atoms with van der Waals surface area (Å²) < 4.78 is 11.6. The van der Waals surface area contributed by atoms with Crippen molar-refractivity contribution in [1.29, 1.82) is 0 Å². The highest BCUT2D eigenvalue weighted by atomic mass is 16.7. The predicted octanol–water partition coefficient (Wildman–Crippen LogP) is 2.61. The lowest BCUT2D eigenvalue weighted by Crippen LogP contribution is -2.52. The molecule has 0 radical (unpaired) electrons. The Labute approximate surface area is 133 Å². The molecule has 0 aromatic heterocycles. The van der Waals surface area contributed by atoms with E-state index >= 15 is 0 Å². The maximum atomic E-state index is 12.5. The lowest BCUT2D eigenvalue weighted by atomic mass is 9.90. The van der Waals surface area contributed by atoms with Crippen LogP contribution in [0.2, 0.25) is 0 Å². The van der Waals surface area contributed by atoms with Crippen LogP contribution in [0.3, 0.4) is 0 Å². The van der Waals surface area contributed by atoms with E-state index in [9.17, 15) is 4.79 Å². The number of ether oxygens (including phenoxy) is 2. The van der Waals surface area contributed by atoms with Gasteiger partial charge < -0.3 is 19.7 Å². The Hall–Kier alpha value is -0.810. The fraction of sp³-hybridized carbons (Fsp3) is 0.941. The van der Waals surface area contributed by atoms with Crippen molar-refractivity contribution in [1.82, 2.24) is 10.2 Å². The summed E-state index contributed by atoms with van der Waals surface area (Å²) in [5.74, 6) is 0.407. The molecule has 5 heteroatoms. The third-order valence-electron chi connectivity index (χ3n) is 6.02. The van der Waals surface area contributed by atoms with Crippen LogP contribution in [-0.4, -0.2) is 49.6 Å². The second-order valence-electron chi connectivity index (χ2n) is 7.67. The van der Waals surface area contributed by atoms with Gasteiger partial charge in [-0.1, -0.05) is 13.8 Å². The Morgan fingerprint density at radius 1 is 1.32 bits per heavy atom. The Morgan fingerprint density at radius 3 is 2.59 bits per heavy atom. The van der Waals surface area contributed by atoms with E-state index in [-0.39, 0.29) is 11.9 Å². The number of piperidine rings is 1. The number of nitrogens with one attached hydrogen (secondary N) is 1. The van der Waals surface area contributed by atoms with E-state index in [1.807, 2.05) is 11.8 Å². The van der Waals surface area contributed by atoms with Crippen LogP contribution in [0.4, 0.5) is 4.79 Å². The van der Waals surface area contributed by atoms with Crippen molar-refractivity contribution in [2.45, 2.75) is 52.2 Å². The van der Waals surface area contributed by atoms with E-state index in [0.717, 1.165) is 32.5 Å². The second-order valence-corrected chi connectivity index (χ2v) is 7.67. The number of carbonyl (C=O) groups is 1. The van der Waals surface area contributed by atoms with Crippen molar-refractivity contribution in [2.75, 3.05) is 32.8 Å². The van der Waals surface area contributed by atoms with Gasteiger partial charge in [0.1, 0.15) is 0 Å². The minimum absolute atomic E-state index is 0.0817. The standard InChI is InChI=1S/C17H30N2O3/c1-13(2)17(6-7-17)12-18-15(20)19-8-4-5-14(11-19)16(3)21-9-10-22-16/h13-14H,4-12H2,1-3H3,(H,18,20)/t14-/m1/s1. The van der Waals surface area contributed by atoms with Crippen LogP contribution in [0.1, 0.15) is 46.5 Å². The van der Waals surface area contributed by atoms with Gasteiger partial charge in [-0.2, -0.15) is 0 Å². The summed E-state index contributed by atoms with van der Waals surface area (Å²) in [5, 5.41) is 3.17. The molecule has 2 saturated heterocycles. The van der Waals surface area contributed by atoms with Crippen molar-refractivity contribution in [3.8, 4) is 0 Å². The maximum absolute atomic E-state index is 12.5. The van der Waals surface area contributed by atoms with Crippen LogP contribution in [0.5, 0.6) is 0 Å². The Balaban J connectivity index is 1.52. The van der Waals surface area contributed by atoms with Gasteiger partial charge >= 0.3 is 6.03 Å². The van der Waals surface area contributed by atoms with Gasteiger partial charge in [-0.3, -0.25) is 0 Å². The molecule has 126 valence electrons. The highest BCUT2D eigenvalue weighted by molar-refractivity contribution is 5.74. The number of hydrogen-bond acceptors (Lipinski definition) is 3. The second kappa shape index (κ2) is 6.00. The van der Waals surface area contributed by atoms with Crippen LogP contribution < -0.4 is 5.32 Å². The molecule has 0 unspecified atom stereocenters. The molecule has 5 nitrogen and oxygen atoms in total. The van der Waals surface area contributed by atoms with Crippen LogP contribution in [0, 0.1) is 17.3 Å². The first-order valence-electron chi connectivity index (χ1n) is 8.76. The molecule has 1 aliphatic carbocycles. The molecule has 0 spiro atoms. The van der Waals surface area contributed by atoms with E-state index in [1.165, 1.54) is 12.8 Å². The van der Waals surface area contributed by atoms with Crippen LogP contribution in [-0.2, 0) is 9.47 Å². The Morgan fingerprint density at radius 2 is 2.00 bits per heavy atom. The van der Waals surface area contributed by atoms with E-state index < -0.39 is 5.79 Å². The third kappa shape index (κ3) is 3.11. The monoisotopic (exact) mass is 310 g/mol. The number of hydrogen-bond donors (Lipinski definition) is 1. The van der Waals surface area contributed by atoms with Crippen LogP contribution in [0.15, 0.2) is 0 Å². The molecule has 2 heterocycles. The number of carbonyl (C=O) groups excluding carboxylic acids is 1. The summed E-state index contributed by atoms with van der Waals surface area (Å²) in [6, 6.07) is 0.0817. The summed E-state index contributed by atoms with van der Waals surface area (Å²) in [6.07, 6.45) is 4.58. The van der Waals surface area contributed by atoms with Crippen LogP contribution in [0.25, 0.3) is 0 Å². The highest BCUT2D eigenvalue weighted by Crippen LogP contribution is 2.51. The lowest BCUT2D eigenvalue weighted by Gasteiger charge is -2.40. The minimum atomic E-state index is -0.505. The van der Waals surface area contributed by atoms with Gasteiger partial charge in [-0.15, -0.1) is 0 Å². The fourth-order valence-electron chi connectivity index (χ4n) is 3.84. The molecule has 1 atom stereocenters. The molecule has 0 aromatic rings. The average molecular weight is 310 g/mol. The van der Waals surface area contributed by atoms with Gasteiger partial charge in [0.2, 0.25) is 0 Å². The summed E-state index contributed by atoms with van der Waals surface area (Å²) >= 11 is 0. The zero-order valence-electron chi connectivity index (χ0n) is 14.2. The molecule has 1 N–H and O–H groups in total. The zero-order chi connectivity index (χ0) is 15.8. The van der Waals surface area contributed by atoms with E-state index in [0.29, 0.717) is 24.5 Å². The minimum Gasteiger partial charge on any atom is -0.347 e. The number of nitrogens with zero attached hydrogens (tertiary/aromatic N) is 1. The Bertz CT molecular complexity index is 414. The summed E-state index contributed by atoms with van der Waals surface area (Å²) in [7, 11) is 0. The lowest BCUT2D eigenvalue weighted by molar-refractivity contribution is -0.189. The third-order valence-corrected chi connectivity index (χ3v) is 6.02. The summed E-state index contributed by atoms with van der Waals surface area (Å²) in [4.78, 5) is 14.4. The molecule has 2 aliphatic heterocycles. The maximum Gasteiger partial charge on any atom is 0.317 e. The predicted molar refractivity (Wildman–Crippen MR) is 84.5 cm³/mol. The van der Waals surface area contributed by atoms with Crippen molar-refractivity contribution < 1.29 is 14.3 Å². The molecule has 2 amide bonds. The molecule has 3 fully saturated rings. The van der Waals surface area contributed by atoms with Gasteiger partial charge in [-0.05, 0) is 43.9 Å². The molecule has 22 heavy (non-hydrogen) atoms. The van der Waals surface area contributed by atoms with E-state index in [2.05, 4.69) is 19.2 Å². The average Bonchev–Trinajstić information content (AvgIpc) is 3.19. The normalized spacial score (nSPS) is 29.6. The number of rotatable bonds is 4. The van der Waals surface area contributed by atoms with Crippen molar-refractivity contribution >= 4 is 6.03 Å². The van der Waals surface area contributed by atoms with Gasteiger partial charge in [-0.25, -0.2) is 4.79 Å². The van der Waals surface area contributed by atoms with Crippen molar-refractivity contribution in [3.05, 3.63) is 0 Å². The van der Waals surface area contributed by atoms with Crippen molar-refractivity contribution in [2.24, 2.45) is 17.3 Å².